The quantitative estimate of drug-likeness (QED) is 0.526. The number of aromatic amines is 1. The molecule has 0 aliphatic carbocycles. The van der Waals surface area contributed by atoms with E-state index in [0.717, 1.165) is 35.6 Å². The Labute approximate surface area is 203 Å². The fraction of sp³-hybridized carbons (Fsp3) is 0.520. The average molecular weight is 484 g/mol. The SMILES string of the molecule is CCCCn1c(=O)[nH]c(=O)c2c1nc(CCC(=O)N1CCCSc3ccccc31)n2CC(C)C. The Morgan fingerprint density at radius 3 is 2.76 bits per heavy atom. The number of aromatic nitrogens is 4. The van der Waals surface area contributed by atoms with Crippen LogP contribution in [-0.4, -0.2) is 37.3 Å². The third kappa shape index (κ3) is 4.99. The Bertz CT molecular complexity index is 1290. The Hall–Kier alpha value is -2.81. The van der Waals surface area contributed by atoms with E-state index in [1.165, 1.54) is 0 Å². The number of aryl methyl sites for hydroxylation is 2. The van der Waals surface area contributed by atoms with Gasteiger partial charge >= 0.3 is 5.69 Å². The number of imidazole rings is 1. The van der Waals surface area contributed by atoms with Crippen LogP contribution in [0, 0.1) is 5.92 Å². The van der Waals surface area contributed by atoms with Gasteiger partial charge in [0.05, 0.1) is 5.69 Å². The second kappa shape index (κ2) is 10.6. The molecule has 1 N–H and O–H groups in total. The van der Waals surface area contributed by atoms with Crippen molar-refractivity contribution < 1.29 is 4.79 Å². The molecule has 3 heterocycles. The number of carbonyl (C=O) groups is 1. The fourth-order valence-electron chi connectivity index (χ4n) is 4.43. The first-order valence-electron chi connectivity index (χ1n) is 12.1. The van der Waals surface area contributed by atoms with E-state index in [-0.39, 0.29) is 18.2 Å². The number of rotatable bonds is 8. The maximum absolute atomic E-state index is 13.3. The highest BCUT2D eigenvalue weighted by Crippen LogP contribution is 2.34. The molecule has 0 radical (unpaired) electrons. The molecule has 4 rings (SSSR count). The van der Waals surface area contributed by atoms with Gasteiger partial charge in [-0.15, -0.1) is 11.8 Å². The van der Waals surface area contributed by atoms with E-state index in [2.05, 4.69) is 31.8 Å². The predicted molar refractivity (Wildman–Crippen MR) is 137 cm³/mol. The maximum atomic E-state index is 13.3. The van der Waals surface area contributed by atoms with Crippen LogP contribution in [0.4, 0.5) is 5.69 Å². The lowest BCUT2D eigenvalue weighted by molar-refractivity contribution is -0.118. The molecule has 34 heavy (non-hydrogen) atoms. The van der Waals surface area contributed by atoms with Crippen molar-refractivity contribution in [2.45, 2.75) is 70.9 Å². The summed E-state index contributed by atoms with van der Waals surface area (Å²) in [5.41, 5.74) is 0.958. The molecule has 9 heteroatoms. The van der Waals surface area contributed by atoms with Gasteiger partial charge in [0.2, 0.25) is 5.91 Å². The standard InChI is InChI=1S/C25H33N5O3S/c1-4-5-13-29-23-22(24(32)27-25(29)33)30(16-17(2)3)20(26-23)11-12-21(31)28-14-8-15-34-19-10-7-6-9-18(19)28/h6-7,9-10,17H,4-5,8,11-16H2,1-3H3,(H,27,32,33). The third-order valence-electron chi connectivity index (χ3n) is 6.05. The van der Waals surface area contributed by atoms with Crippen molar-refractivity contribution in [3.8, 4) is 0 Å². The number of anilines is 1. The van der Waals surface area contributed by atoms with Crippen molar-refractivity contribution in [3.63, 3.8) is 0 Å². The number of fused-ring (bicyclic) bond motifs is 2. The van der Waals surface area contributed by atoms with Crippen LogP contribution in [-0.2, 0) is 24.3 Å². The number of nitrogens with one attached hydrogen (secondary N) is 1. The molecule has 1 amide bonds. The van der Waals surface area contributed by atoms with Crippen LogP contribution in [0.2, 0.25) is 0 Å². The van der Waals surface area contributed by atoms with Gasteiger partial charge in [-0.1, -0.05) is 39.3 Å². The van der Waals surface area contributed by atoms with Gasteiger partial charge in [-0.3, -0.25) is 19.1 Å². The number of benzene rings is 1. The van der Waals surface area contributed by atoms with Gasteiger partial charge in [0.25, 0.3) is 5.56 Å². The Kier molecular flexibility index (Phi) is 7.60. The van der Waals surface area contributed by atoms with E-state index >= 15 is 0 Å². The molecule has 0 spiro atoms. The molecule has 1 aromatic carbocycles. The van der Waals surface area contributed by atoms with Gasteiger partial charge in [-0.05, 0) is 36.6 Å². The van der Waals surface area contributed by atoms with Gasteiger partial charge in [0, 0.05) is 37.4 Å². The summed E-state index contributed by atoms with van der Waals surface area (Å²) >= 11 is 1.79. The minimum absolute atomic E-state index is 0.0513. The lowest BCUT2D eigenvalue weighted by Crippen LogP contribution is -2.32. The smallest absolute Gasteiger partial charge is 0.322 e. The summed E-state index contributed by atoms with van der Waals surface area (Å²) < 4.78 is 3.46. The van der Waals surface area contributed by atoms with Crippen LogP contribution < -0.4 is 16.1 Å². The van der Waals surface area contributed by atoms with Gasteiger partial charge in [0.15, 0.2) is 11.2 Å². The molecular weight excluding hydrogens is 450 g/mol. The molecule has 8 nitrogen and oxygen atoms in total. The van der Waals surface area contributed by atoms with Crippen LogP contribution in [0.3, 0.4) is 0 Å². The summed E-state index contributed by atoms with van der Waals surface area (Å²) in [5, 5.41) is 0. The summed E-state index contributed by atoms with van der Waals surface area (Å²) in [6, 6.07) is 8.04. The number of nitrogens with zero attached hydrogens (tertiary/aromatic N) is 4. The molecule has 0 unspecified atom stereocenters. The number of thioether (sulfide) groups is 1. The number of carbonyl (C=O) groups excluding carboxylic acids is 1. The molecule has 0 atom stereocenters. The average Bonchev–Trinajstić information content (AvgIpc) is 3.01. The molecule has 3 aromatic rings. The van der Waals surface area contributed by atoms with Crippen molar-refractivity contribution in [2.75, 3.05) is 17.2 Å². The highest BCUT2D eigenvalue weighted by Gasteiger charge is 2.23. The van der Waals surface area contributed by atoms with E-state index in [1.54, 1.807) is 16.3 Å². The van der Waals surface area contributed by atoms with Gasteiger partial charge < -0.3 is 9.47 Å². The van der Waals surface area contributed by atoms with Gasteiger partial charge in [-0.25, -0.2) is 9.78 Å². The number of hydrogen-bond acceptors (Lipinski definition) is 5. The number of hydrogen-bond donors (Lipinski definition) is 1. The predicted octanol–water partition coefficient (Wildman–Crippen LogP) is 3.80. The van der Waals surface area contributed by atoms with Gasteiger partial charge in [-0.2, -0.15) is 0 Å². The third-order valence-corrected chi connectivity index (χ3v) is 7.20. The highest BCUT2D eigenvalue weighted by atomic mass is 32.2. The van der Waals surface area contributed by atoms with Crippen molar-refractivity contribution in [2.24, 2.45) is 5.92 Å². The van der Waals surface area contributed by atoms with E-state index < -0.39 is 11.2 Å². The van der Waals surface area contributed by atoms with Crippen molar-refractivity contribution in [1.82, 2.24) is 19.1 Å². The number of H-pyrrole nitrogens is 1. The second-order valence-corrected chi connectivity index (χ2v) is 10.3. The zero-order valence-corrected chi connectivity index (χ0v) is 21.0. The second-order valence-electron chi connectivity index (χ2n) is 9.18. The van der Waals surface area contributed by atoms with Crippen LogP contribution in [0.25, 0.3) is 11.2 Å². The molecule has 182 valence electrons. The molecule has 1 aliphatic rings. The Balaban J connectivity index is 1.67. The van der Waals surface area contributed by atoms with E-state index in [4.69, 9.17) is 4.98 Å². The molecule has 0 saturated heterocycles. The number of unbranched alkanes of at least 4 members (excludes halogenated alkanes) is 1. The summed E-state index contributed by atoms with van der Waals surface area (Å²) in [6.07, 6.45) is 3.38. The summed E-state index contributed by atoms with van der Waals surface area (Å²) in [6.45, 7) is 8.01. The van der Waals surface area contributed by atoms with Crippen molar-refractivity contribution in [3.05, 3.63) is 50.9 Å². The lowest BCUT2D eigenvalue weighted by atomic mass is 10.2. The molecule has 0 bridgehead atoms. The van der Waals surface area contributed by atoms with Gasteiger partial charge in [0.1, 0.15) is 5.82 Å². The first-order chi connectivity index (χ1) is 16.4. The highest BCUT2D eigenvalue weighted by molar-refractivity contribution is 7.99. The van der Waals surface area contributed by atoms with Crippen LogP contribution >= 0.6 is 11.8 Å². The van der Waals surface area contributed by atoms with Crippen molar-refractivity contribution in [1.29, 1.82) is 0 Å². The number of para-hydroxylation sites is 1. The molecular formula is C25H33N5O3S. The Morgan fingerprint density at radius 1 is 1.21 bits per heavy atom. The first kappa shape index (κ1) is 24.3. The summed E-state index contributed by atoms with van der Waals surface area (Å²) in [4.78, 5) is 48.9. The first-order valence-corrected chi connectivity index (χ1v) is 13.1. The molecule has 1 aliphatic heterocycles. The Morgan fingerprint density at radius 2 is 2.00 bits per heavy atom. The van der Waals surface area contributed by atoms with E-state index in [0.29, 0.717) is 43.0 Å². The number of amides is 1. The monoisotopic (exact) mass is 483 g/mol. The lowest BCUT2D eigenvalue weighted by Gasteiger charge is -2.22. The van der Waals surface area contributed by atoms with Crippen LogP contribution in [0.5, 0.6) is 0 Å². The van der Waals surface area contributed by atoms with Crippen molar-refractivity contribution >= 4 is 34.5 Å². The minimum Gasteiger partial charge on any atom is -0.322 e. The maximum Gasteiger partial charge on any atom is 0.330 e. The van der Waals surface area contributed by atoms with E-state index in [1.807, 2.05) is 27.7 Å². The summed E-state index contributed by atoms with van der Waals surface area (Å²) in [5.74, 6) is 1.99. The minimum atomic E-state index is -0.429. The zero-order valence-electron chi connectivity index (χ0n) is 20.2. The summed E-state index contributed by atoms with van der Waals surface area (Å²) in [7, 11) is 0. The van der Waals surface area contributed by atoms with Crippen LogP contribution in [0.1, 0.15) is 52.3 Å². The van der Waals surface area contributed by atoms with E-state index in [9.17, 15) is 14.4 Å². The molecule has 0 saturated carbocycles. The largest absolute Gasteiger partial charge is 0.330 e. The molecule has 0 fully saturated rings. The normalized spacial score (nSPS) is 13.9. The van der Waals surface area contributed by atoms with Crippen LogP contribution in [0.15, 0.2) is 38.8 Å². The molecule has 2 aromatic heterocycles. The zero-order chi connectivity index (χ0) is 24.2. The topological polar surface area (TPSA) is 93.0 Å². The fourth-order valence-corrected chi connectivity index (χ4v) is 5.43.